The number of aromatic nitrogens is 1. The summed E-state index contributed by atoms with van der Waals surface area (Å²) in [6.45, 7) is 2.10. The van der Waals surface area contributed by atoms with Crippen LogP contribution in [0.2, 0.25) is 0 Å². The summed E-state index contributed by atoms with van der Waals surface area (Å²) >= 11 is 0. The molecule has 5 nitrogen and oxygen atoms in total. The van der Waals surface area contributed by atoms with Gasteiger partial charge in [-0.25, -0.2) is 13.1 Å². The van der Waals surface area contributed by atoms with Gasteiger partial charge in [0, 0.05) is 18.3 Å². The van der Waals surface area contributed by atoms with Gasteiger partial charge in [0.2, 0.25) is 10.0 Å². The second kappa shape index (κ2) is 7.48. The molecule has 0 aliphatic heterocycles. The predicted octanol–water partition coefficient (Wildman–Crippen LogP) is 3.41. The minimum Gasteiger partial charge on any atom is -0.256 e. The van der Waals surface area contributed by atoms with Gasteiger partial charge in [-0.3, -0.25) is 4.98 Å². The Balaban J connectivity index is 1.87. The van der Waals surface area contributed by atoms with Crippen LogP contribution in [0.15, 0.2) is 71.8 Å². The highest BCUT2D eigenvalue weighted by Gasteiger charge is 2.16. The van der Waals surface area contributed by atoms with Crippen LogP contribution < -0.4 is 4.72 Å². The molecule has 2 aromatic carbocycles. The lowest BCUT2D eigenvalue weighted by atomic mass is 10.0. The molecule has 1 heterocycles. The molecular formula is C20H17N3O2S. The summed E-state index contributed by atoms with van der Waals surface area (Å²) in [4.78, 5) is 4.48. The first-order chi connectivity index (χ1) is 12.5. The van der Waals surface area contributed by atoms with Crippen molar-refractivity contribution in [1.82, 2.24) is 9.71 Å². The zero-order chi connectivity index (χ0) is 18.6. The molecule has 0 aliphatic carbocycles. The Bertz CT molecular complexity index is 1090. The highest BCUT2D eigenvalue weighted by Crippen LogP contribution is 2.22. The van der Waals surface area contributed by atoms with Crippen molar-refractivity contribution in [2.45, 2.75) is 18.4 Å². The maximum absolute atomic E-state index is 12.5. The maximum atomic E-state index is 12.5. The van der Waals surface area contributed by atoms with Gasteiger partial charge in [-0.05, 0) is 42.8 Å². The topological polar surface area (TPSA) is 82.8 Å². The molecule has 0 saturated carbocycles. The summed E-state index contributed by atoms with van der Waals surface area (Å²) in [6, 6.07) is 19.4. The Morgan fingerprint density at radius 2 is 1.88 bits per heavy atom. The van der Waals surface area contributed by atoms with E-state index in [9.17, 15) is 8.42 Å². The molecule has 130 valence electrons. The second-order valence-corrected chi connectivity index (χ2v) is 7.61. The van der Waals surface area contributed by atoms with E-state index in [0.29, 0.717) is 5.56 Å². The van der Waals surface area contributed by atoms with Crippen molar-refractivity contribution in [2.75, 3.05) is 0 Å². The number of sulfonamides is 1. The van der Waals surface area contributed by atoms with Gasteiger partial charge in [-0.1, -0.05) is 35.9 Å². The lowest BCUT2D eigenvalue weighted by Crippen LogP contribution is -2.23. The van der Waals surface area contributed by atoms with Gasteiger partial charge in [0.25, 0.3) is 0 Å². The zero-order valence-electron chi connectivity index (χ0n) is 14.2. The molecule has 0 spiro atoms. The van der Waals surface area contributed by atoms with Gasteiger partial charge in [0.1, 0.15) is 0 Å². The molecule has 0 aliphatic rings. The standard InChI is InChI=1S/C20H17N3O2S/c1-15-5-2-7-17(11-15)20-18(8-4-10-22-20)14-23-26(24,25)19-9-3-6-16(12-19)13-21/h2-12,23H,14H2,1H3. The first kappa shape index (κ1) is 17.8. The highest BCUT2D eigenvalue weighted by molar-refractivity contribution is 7.89. The molecular weight excluding hydrogens is 346 g/mol. The van der Waals surface area contributed by atoms with E-state index in [1.54, 1.807) is 24.4 Å². The van der Waals surface area contributed by atoms with E-state index in [0.717, 1.165) is 22.4 Å². The van der Waals surface area contributed by atoms with E-state index in [1.165, 1.54) is 12.1 Å². The molecule has 0 saturated heterocycles. The fourth-order valence-corrected chi connectivity index (χ4v) is 3.67. The summed E-state index contributed by atoms with van der Waals surface area (Å²) in [7, 11) is -3.73. The van der Waals surface area contributed by atoms with Crippen molar-refractivity contribution in [3.05, 3.63) is 83.6 Å². The van der Waals surface area contributed by atoms with Crippen molar-refractivity contribution in [2.24, 2.45) is 0 Å². The van der Waals surface area contributed by atoms with Gasteiger partial charge in [0.15, 0.2) is 0 Å². The van der Waals surface area contributed by atoms with Crippen molar-refractivity contribution in [3.8, 4) is 17.3 Å². The molecule has 6 heteroatoms. The van der Waals surface area contributed by atoms with Crippen LogP contribution in [0.5, 0.6) is 0 Å². The number of rotatable bonds is 5. The lowest BCUT2D eigenvalue weighted by Gasteiger charge is -2.11. The molecule has 1 aromatic heterocycles. The van der Waals surface area contributed by atoms with E-state index in [2.05, 4.69) is 9.71 Å². The monoisotopic (exact) mass is 363 g/mol. The third-order valence-corrected chi connectivity index (χ3v) is 5.31. The first-order valence-electron chi connectivity index (χ1n) is 8.00. The second-order valence-electron chi connectivity index (χ2n) is 5.84. The van der Waals surface area contributed by atoms with Gasteiger partial charge in [-0.2, -0.15) is 5.26 Å². The minimum absolute atomic E-state index is 0.0672. The van der Waals surface area contributed by atoms with E-state index in [1.807, 2.05) is 43.3 Å². The minimum atomic E-state index is -3.73. The lowest BCUT2D eigenvalue weighted by molar-refractivity contribution is 0.581. The number of hydrogen-bond acceptors (Lipinski definition) is 4. The summed E-state index contributed by atoms with van der Waals surface area (Å²) in [5.41, 5.74) is 3.86. The number of nitrogens with zero attached hydrogens (tertiary/aromatic N) is 2. The van der Waals surface area contributed by atoms with Crippen LogP contribution in [0.4, 0.5) is 0 Å². The molecule has 0 unspecified atom stereocenters. The molecule has 1 N–H and O–H groups in total. The van der Waals surface area contributed by atoms with Crippen LogP contribution in [0.1, 0.15) is 16.7 Å². The average Bonchev–Trinajstić information content (AvgIpc) is 2.67. The summed E-state index contributed by atoms with van der Waals surface area (Å²) in [5, 5.41) is 8.95. The van der Waals surface area contributed by atoms with Crippen LogP contribution in [0, 0.1) is 18.3 Å². The van der Waals surface area contributed by atoms with E-state index < -0.39 is 10.0 Å². The van der Waals surface area contributed by atoms with E-state index in [4.69, 9.17) is 5.26 Å². The fourth-order valence-electron chi connectivity index (χ4n) is 2.62. The number of nitriles is 1. The third kappa shape index (κ3) is 3.97. The number of pyridine rings is 1. The smallest absolute Gasteiger partial charge is 0.240 e. The molecule has 0 atom stereocenters. The number of hydrogen-bond donors (Lipinski definition) is 1. The molecule has 3 aromatic rings. The normalized spacial score (nSPS) is 11.1. The fraction of sp³-hybridized carbons (Fsp3) is 0.100. The zero-order valence-corrected chi connectivity index (χ0v) is 15.0. The predicted molar refractivity (Wildman–Crippen MR) is 99.6 cm³/mol. The van der Waals surface area contributed by atoms with E-state index in [-0.39, 0.29) is 11.4 Å². The SMILES string of the molecule is Cc1cccc(-c2ncccc2CNS(=O)(=O)c2cccc(C#N)c2)c1. The Kier molecular flexibility index (Phi) is 5.12. The van der Waals surface area contributed by atoms with Crippen molar-refractivity contribution in [3.63, 3.8) is 0 Å². The van der Waals surface area contributed by atoms with Crippen molar-refractivity contribution >= 4 is 10.0 Å². The average molecular weight is 363 g/mol. The van der Waals surface area contributed by atoms with Crippen LogP contribution in [0.3, 0.4) is 0 Å². The molecule has 0 radical (unpaired) electrons. The van der Waals surface area contributed by atoms with Crippen LogP contribution in [-0.4, -0.2) is 13.4 Å². The quantitative estimate of drug-likeness (QED) is 0.753. The Morgan fingerprint density at radius 1 is 1.08 bits per heavy atom. The Morgan fingerprint density at radius 3 is 2.65 bits per heavy atom. The van der Waals surface area contributed by atoms with Gasteiger partial charge < -0.3 is 0 Å². The highest BCUT2D eigenvalue weighted by atomic mass is 32.2. The van der Waals surface area contributed by atoms with Gasteiger partial charge in [-0.15, -0.1) is 0 Å². The molecule has 0 bridgehead atoms. The van der Waals surface area contributed by atoms with Crippen molar-refractivity contribution < 1.29 is 8.42 Å². The molecule has 0 amide bonds. The molecule has 26 heavy (non-hydrogen) atoms. The van der Waals surface area contributed by atoms with Crippen molar-refractivity contribution in [1.29, 1.82) is 5.26 Å². The largest absolute Gasteiger partial charge is 0.256 e. The summed E-state index contributed by atoms with van der Waals surface area (Å²) in [6.07, 6.45) is 1.69. The third-order valence-electron chi connectivity index (χ3n) is 3.91. The van der Waals surface area contributed by atoms with E-state index >= 15 is 0 Å². The Hall–Kier alpha value is -3.01. The number of aryl methyl sites for hydroxylation is 1. The Labute approximate surface area is 153 Å². The molecule has 3 rings (SSSR count). The summed E-state index contributed by atoms with van der Waals surface area (Å²) < 4.78 is 27.7. The van der Waals surface area contributed by atoms with Crippen LogP contribution in [0.25, 0.3) is 11.3 Å². The van der Waals surface area contributed by atoms with Gasteiger partial charge in [0.05, 0.1) is 22.2 Å². The number of nitrogens with one attached hydrogen (secondary N) is 1. The van der Waals surface area contributed by atoms with Crippen LogP contribution >= 0.6 is 0 Å². The number of benzene rings is 2. The first-order valence-corrected chi connectivity index (χ1v) is 9.49. The summed E-state index contributed by atoms with van der Waals surface area (Å²) in [5.74, 6) is 0. The van der Waals surface area contributed by atoms with Crippen LogP contribution in [-0.2, 0) is 16.6 Å². The molecule has 0 fully saturated rings. The maximum Gasteiger partial charge on any atom is 0.240 e. The van der Waals surface area contributed by atoms with Gasteiger partial charge >= 0.3 is 0 Å².